The Bertz CT molecular complexity index is 782. The highest BCUT2D eigenvalue weighted by Crippen LogP contribution is 2.40. The first-order valence-corrected chi connectivity index (χ1v) is 6.90. The van der Waals surface area contributed by atoms with Gasteiger partial charge in [-0.15, -0.1) is 0 Å². The Morgan fingerprint density at radius 3 is 2.25 bits per heavy atom. The Hall–Kier alpha value is -2.88. The third kappa shape index (κ3) is 3.38. The largest absolute Gasteiger partial charge is 0.493 e. The zero-order valence-electron chi connectivity index (χ0n) is 13.0. The standard InChI is InChI=1S/C17H15F3N2O2/c1-23-15-6-3-10(7-16(15)24-2)13(9-21)12-5-4-11(22)8-14(12)17(18,19)20/h3-8,13H,22H2,1-2H3. The lowest BCUT2D eigenvalue weighted by Crippen LogP contribution is -2.13. The summed E-state index contributed by atoms with van der Waals surface area (Å²) in [5, 5.41) is 9.46. The molecule has 1 atom stereocenters. The molecule has 2 rings (SSSR count). The minimum absolute atomic E-state index is 0.0184. The van der Waals surface area contributed by atoms with E-state index in [1.54, 1.807) is 6.07 Å². The van der Waals surface area contributed by atoms with Crippen LogP contribution in [-0.2, 0) is 6.18 Å². The number of anilines is 1. The predicted octanol–water partition coefficient (Wildman–Crippen LogP) is 3.96. The van der Waals surface area contributed by atoms with Crippen molar-refractivity contribution in [1.29, 1.82) is 5.26 Å². The average Bonchev–Trinajstić information content (AvgIpc) is 2.55. The van der Waals surface area contributed by atoms with Crippen LogP contribution in [0.1, 0.15) is 22.6 Å². The molecule has 2 N–H and O–H groups in total. The van der Waals surface area contributed by atoms with E-state index in [0.717, 1.165) is 6.07 Å². The van der Waals surface area contributed by atoms with Gasteiger partial charge in [0.25, 0.3) is 0 Å². The number of methoxy groups -OCH3 is 2. The van der Waals surface area contributed by atoms with Crippen molar-refractivity contribution in [2.75, 3.05) is 20.0 Å². The third-order valence-electron chi connectivity index (χ3n) is 3.56. The molecule has 0 aromatic heterocycles. The summed E-state index contributed by atoms with van der Waals surface area (Å²) in [7, 11) is 2.86. The fraction of sp³-hybridized carbons (Fsp3) is 0.235. The summed E-state index contributed by atoms with van der Waals surface area (Å²) in [6.07, 6.45) is -4.61. The van der Waals surface area contributed by atoms with Crippen LogP contribution in [0.2, 0.25) is 0 Å². The van der Waals surface area contributed by atoms with E-state index in [2.05, 4.69) is 0 Å². The van der Waals surface area contributed by atoms with Gasteiger partial charge in [0.1, 0.15) is 0 Å². The van der Waals surface area contributed by atoms with Crippen molar-refractivity contribution < 1.29 is 22.6 Å². The van der Waals surface area contributed by atoms with E-state index < -0.39 is 17.7 Å². The van der Waals surface area contributed by atoms with Crippen LogP contribution in [0.4, 0.5) is 18.9 Å². The van der Waals surface area contributed by atoms with Gasteiger partial charge in [0, 0.05) is 5.69 Å². The zero-order chi connectivity index (χ0) is 17.9. The van der Waals surface area contributed by atoms with Crippen LogP contribution < -0.4 is 15.2 Å². The zero-order valence-corrected chi connectivity index (χ0v) is 13.0. The lowest BCUT2D eigenvalue weighted by molar-refractivity contribution is -0.138. The summed E-state index contributed by atoms with van der Waals surface area (Å²) < 4.78 is 50.1. The first-order chi connectivity index (χ1) is 11.3. The number of halogens is 3. The summed E-state index contributed by atoms with van der Waals surface area (Å²) in [6, 6.07) is 9.89. The van der Waals surface area contributed by atoms with Crippen molar-refractivity contribution in [2.24, 2.45) is 0 Å². The number of nitriles is 1. The molecule has 0 radical (unpaired) electrons. The van der Waals surface area contributed by atoms with Crippen LogP contribution >= 0.6 is 0 Å². The number of rotatable bonds is 4. The lowest BCUT2D eigenvalue weighted by Gasteiger charge is -2.18. The molecule has 0 amide bonds. The molecular weight excluding hydrogens is 321 g/mol. The highest BCUT2D eigenvalue weighted by molar-refractivity contribution is 5.53. The van der Waals surface area contributed by atoms with Gasteiger partial charge in [-0.25, -0.2) is 0 Å². The van der Waals surface area contributed by atoms with Gasteiger partial charge >= 0.3 is 6.18 Å². The van der Waals surface area contributed by atoms with Crippen molar-refractivity contribution >= 4 is 5.69 Å². The Kier molecular flexibility index (Phi) is 4.88. The van der Waals surface area contributed by atoms with Crippen molar-refractivity contribution in [3.05, 3.63) is 53.1 Å². The highest BCUT2D eigenvalue weighted by atomic mass is 19.4. The Morgan fingerprint density at radius 1 is 1.04 bits per heavy atom. The number of hydrogen-bond donors (Lipinski definition) is 1. The Balaban J connectivity index is 2.60. The van der Waals surface area contributed by atoms with E-state index in [1.807, 2.05) is 6.07 Å². The fourth-order valence-electron chi connectivity index (χ4n) is 2.43. The van der Waals surface area contributed by atoms with Gasteiger partial charge in [-0.2, -0.15) is 18.4 Å². The van der Waals surface area contributed by atoms with Crippen molar-refractivity contribution in [3.8, 4) is 17.6 Å². The molecule has 0 heterocycles. The van der Waals surface area contributed by atoms with Gasteiger partial charge in [0.2, 0.25) is 0 Å². The molecule has 0 aliphatic rings. The number of nitrogen functional groups attached to an aromatic ring is 1. The summed E-state index contributed by atoms with van der Waals surface area (Å²) >= 11 is 0. The summed E-state index contributed by atoms with van der Waals surface area (Å²) in [6.45, 7) is 0. The quantitative estimate of drug-likeness (QED) is 0.858. The number of nitrogens with zero attached hydrogens (tertiary/aromatic N) is 1. The second-order valence-corrected chi connectivity index (χ2v) is 5.02. The molecule has 0 aliphatic heterocycles. The molecular formula is C17H15F3N2O2. The SMILES string of the molecule is COc1ccc(C(C#N)c2ccc(N)cc2C(F)(F)F)cc1OC. The maximum absolute atomic E-state index is 13.3. The highest BCUT2D eigenvalue weighted by Gasteiger charge is 2.36. The molecule has 24 heavy (non-hydrogen) atoms. The van der Waals surface area contributed by atoms with Crippen molar-refractivity contribution in [1.82, 2.24) is 0 Å². The smallest absolute Gasteiger partial charge is 0.416 e. The van der Waals surface area contributed by atoms with Gasteiger partial charge in [0.15, 0.2) is 11.5 Å². The molecule has 0 saturated carbocycles. The van der Waals surface area contributed by atoms with E-state index >= 15 is 0 Å². The molecule has 4 nitrogen and oxygen atoms in total. The van der Waals surface area contributed by atoms with Gasteiger partial charge in [-0.3, -0.25) is 0 Å². The lowest BCUT2D eigenvalue weighted by atomic mass is 9.88. The fourth-order valence-corrected chi connectivity index (χ4v) is 2.43. The van der Waals surface area contributed by atoms with Crippen LogP contribution in [0.3, 0.4) is 0 Å². The van der Waals surface area contributed by atoms with Gasteiger partial charge in [-0.1, -0.05) is 12.1 Å². The second-order valence-electron chi connectivity index (χ2n) is 5.02. The maximum Gasteiger partial charge on any atom is 0.416 e. The van der Waals surface area contributed by atoms with Crippen molar-refractivity contribution in [2.45, 2.75) is 12.1 Å². The molecule has 1 unspecified atom stereocenters. The van der Waals surface area contributed by atoms with E-state index in [9.17, 15) is 18.4 Å². The molecule has 0 bridgehead atoms. The summed E-state index contributed by atoms with van der Waals surface area (Å²) in [4.78, 5) is 0. The van der Waals surface area contributed by atoms with E-state index in [4.69, 9.17) is 15.2 Å². The van der Waals surface area contributed by atoms with Crippen LogP contribution in [0.25, 0.3) is 0 Å². The monoisotopic (exact) mass is 336 g/mol. The number of ether oxygens (including phenoxy) is 2. The number of hydrogen-bond acceptors (Lipinski definition) is 4. The number of alkyl halides is 3. The Labute approximate surface area is 137 Å². The van der Waals surface area contributed by atoms with Gasteiger partial charge in [-0.05, 0) is 35.4 Å². The van der Waals surface area contributed by atoms with Crippen LogP contribution in [0.5, 0.6) is 11.5 Å². The van der Waals surface area contributed by atoms with E-state index in [1.165, 1.54) is 38.5 Å². The maximum atomic E-state index is 13.3. The number of nitrogens with two attached hydrogens (primary N) is 1. The van der Waals surface area contributed by atoms with Crippen molar-refractivity contribution in [3.63, 3.8) is 0 Å². The minimum Gasteiger partial charge on any atom is -0.493 e. The topological polar surface area (TPSA) is 68.3 Å². The van der Waals surface area contributed by atoms with E-state index in [-0.39, 0.29) is 11.3 Å². The minimum atomic E-state index is -4.61. The van der Waals surface area contributed by atoms with Crippen LogP contribution in [-0.4, -0.2) is 14.2 Å². The number of benzene rings is 2. The normalized spacial score (nSPS) is 12.3. The molecule has 0 aliphatic carbocycles. The molecule has 0 saturated heterocycles. The van der Waals surface area contributed by atoms with Gasteiger partial charge in [0.05, 0.1) is 31.8 Å². The van der Waals surface area contributed by atoms with E-state index in [0.29, 0.717) is 17.1 Å². The van der Waals surface area contributed by atoms with Gasteiger partial charge < -0.3 is 15.2 Å². The molecule has 0 fully saturated rings. The Morgan fingerprint density at radius 2 is 1.71 bits per heavy atom. The molecule has 7 heteroatoms. The predicted molar refractivity (Wildman–Crippen MR) is 82.9 cm³/mol. The molecule has 0 spiro atoms. The first-order valence-electron chi connectivity index (χ1n) is 6.90. The first kappa shape index (κ1) is 17.5. The molecule has 2 aromatic carbocycles. The van der Waals surface area contributed by atoms with Crippen LogP contribution in [0, 0.1) is 11.3 Å². The third-order valence-corrected chi connectivity index (χ3v) is 3.56. The summed E-state index contributed by atoms with van der Waals surface area (Å²) in [5.74, 6) is -0.368. The second kappa shape index (κ2) is 6.71. The van der Waals surface area contributed by atoms with Crippen LogP contribution in [0.15, 0.2) is 36.4 Å². The molecule has 126 valence electrons. The average molecular weight is 336 g/mol. The molecule has 2 aromatic rings. The summed E-state index contributed by atoms with van der Waals surface area (Å²) in [5.41, 5.74) is 4.73.